The molecule has 1 aliphatic carbocycles. The molecule has 3 aromatic carbocycles. The predicted molar refractivity (Wildman–Crippen MR) is 168 cm³/mol. The summed E-state index contributed by atoms with van der Waals surface area (Å²) in [4.78, 5) is 0. The molecule has 6 heterocycles. The zero-order valence-corrected chi connectivity index (χ0v) is 23.7. The fraction of sp³-hybridized carbons (Fsp3) is 0.143. The van der Waals surface area contributed by atoms with Crippen molar-refractivity contribution < 1.29 is 18.0 Å². The van der Waals surface area contributed by atoms with Gasteiger partial charge in [-0.15, -0.1) is 22.7 Å². The van der Waals surface area contributed by atoms with Crippen LogP contribution < -0.4 is 0 Å². The van der Waals surface area contributed by atoms with Crippen LogP contribution in [0.1, 0.15) is 24.7 Å². The van der Waals surface area contributed by atoms with E-state index in [9.17, 15) is 0 Å². The van der Waals surface area contributed by atoms with Crippen molar-refractivity contribution >= 4 is 80.3 Å². The van der Waals surface area contributed by atoms with E-state index < -0.39 is 0 Å². The fourth-order valence-corrected chi connectivity index (χ4v) is 9.24. The molecule has 1 aliphatic heterocycles. The number of benzene rings is 3. The third kappa shape index (κ3) is 3.29. The second-order valence-corrected chi connectivity index (χ2v) is 13.4. The Balaban J connectivity index is 1.06. The number of furan rings is 3. The van der Waals surface area contributed by atoms with Crippen LogP contribution in [-0.4, -0.2) is 12.2 Å². The lowest BCUT2D eigenvalue weighted by atomic mass is 9.94. The topological polar surface area (TPSA) is 48.7 Å². The molecular weight excluding hydrogens is 549 g/mol. The first kappa shape index (κ1) is 22.6. The van der Waals surface area contributed by atoms with Crippen molar-refractivity contribution in [1.29, 1.82) is 0 Å². The summed E-state index contributed by atoms with van der Waals surface area (Å²) in [6.45, 7) is 2.15. The first-order valence-electron chi connectivity index (χ1n) is 13.9. The maximum Gasteiger partial charge on any atom is 0.135 e. The van der Waals surface area contributed by atoms with Gasteiger partial charge in [-0.2, -0.15) is 0 Å². The van der Waals surface area contributed by atoms with Gasteiger partial charge in [0.05, 0.1) is 27.9 Å². The summed E-state index contributed by atoms with van der Waals surface area (Å²) in [6, 6.07) is 23.8. The lowest BCUT2D eigenvalue weighted by molar-refractivity contribution is 0.0639. The third-order valence-corrected chi connectivity index (χ3v) is 11.2. The van der Waals surface area contributed by atoms with Gasteiger partial charge in [0.25, 0.3) is 0 Å². The van der Waals surface area contributed by atoms with E-state index in [1.807, 2.05) is 28.7 Å². The second kappa shape index (κ2) is 8.01. The van der Waals surface area contributed by atoms with Crippen molar-refractivity contribution in [3.63, 3.8) is 0 Å². The number of fused-ring (bicyclic) bond motifs is 9. The highest BCUT2D eigenvalue weighted by atomic mass is 32.1. The van der Waals surface area contributed by atoms with Crippen LogP contribution in [0.3, 0.4) is 0 Å². The Labute approximate surface area is 242 Å². The Morgan fingerprint density at radius 1 is 0.707 bits per heavy atom. The smallest absolute Gasteiger partial charge is 0.135 e. The Hall–Kier alpha value is -4.10. The SMILES string of the molecule is CC1CC2=Cc3oc(-c4ccc5sc6c7cc(-c8cc9cc%10occc%10cc9o8)ccc7sc6c5c4)cc3CC2O1. The van der Waals surface area contributed by atoms with E-state index in [4.69, 9.17) is 18.0 Å². The molecule has 6 heteroatoms. The van der Waals surface area contributed by atoms with Crippen molar-refractivity contribution in [2.45, 2.75) is 32.0 Å². The average molecular weight is 571 g/mol. The van der Waals surface area contributed by atoms with Crippen LogP contribution >= 0.6 is 22.7 Å². The van der Waals surface area contributed by atoms with E-state index in [-0.39, 0.29) is 6.10 Å². The number of hydrogen-bond donors (Lipinski definition) is 0. The average Bonchev–Trinajstić information content (AvgIpc) is 3.80. The highest BCUT2D eigenvalue weighted by Crippen LogP contribution is 2.47. The van der Waals surface area contributed by atoms with Crippen LogP contribution in [0.2, 0.25) is 0 Å². The summed E-state index contributed by atoms with van der Waals surface area (Å²) >= 11 is 3.73. The Morgan fingerprint density at radius 2 is 1.44 bits per heavy atom. The monoisotopic (exact) mass is 570 g/mol. The zero-order chi connectivity index (χ0) is 26.8. The summed E-state index contributed by atoms with van der Waals surface area (Å²) in [6.07, 6.45) is 6.32. The lowest BCUT2D eigenvalue weighted by Crippen LogP contribution is -2.15. The highest BCUT2D eigenvalue weighted by Gasteiger charge is 2.32. The molecule has 0 amide bonds. The van der Waals surface area contributed by atoms with Crippen molar-refractivity contribution in [3.05, 3.63) is 89.9 Å². The fourth-order valence-electron chi connectivity index (χ4n) is 6.65. The molecule has 41 heavy (non-hydrogen) atoms. The molecule has 4 nitrogen and oxygen atoms in total. The van der Waals surface area contributed by atoms with Crippen LogP contribution in [0.15, 0.2) is 91.8 Å². The number of thiophene rings is 2. The van der Waals surface area contributed by atoms with E-state index in [0.717, 1.165) is 63.2 Å². The molecule has 0 bridgehead atoms. The van der Waals surface area contributed by atoms with Crippen LogP contribution in [0.25, 0.3) is 80.2 Å². The van der Waals surface area contributed by atoms with E-state index in [1.54, 1.807) is 6.26 Å². The first-order chi connectivity index (χ1) is 20.1. The van der Waals surface area contributed by atoms with Crippen LogP contribution in [0.5, 0.6) is 0 Å². The summed E-state index contributed by atoms with van der Waals surface area (Å²) in [5.41, 5.74) is 6.56. The van der Waals surface area contributed by atoms with Crippen molar-refractivity contribution in [2.75, 3.05) is 0 Å². The van der Waals surface area contributed by atoms with Gasteiger partial charge in [0.15, 0.2) is 0 Å². The quantitative estimate of drug-likeness (QED) is 0.207. The van der Waals surface area contributed by atoms with E-state index in [2.05, 4.69) is 73.7 Å². The first-order valence-corrected chi connectivity index (χ1v) is 15.6. The molecule has 0 radical (unpaired) electrons. The molecule has 0 N–H and O–H groups in total. The highest BCUT2D eigenvalue weighted by molar-refractivity contribution is 7.36. The minimum absolute atomic E-state index is 0.205. The molecule has 10 rings (SSSR count). The lowest BCUT2D eigenvalue weighted by Gasteiger charge is -2.15. The molecule has 2 unspecified atom stereocenters. The summed E-state index contributed by atoms with van der Waals surface area (Å²) in [7, 11) is 0. The van der Waals surface area contributed by atoms with Crippen molar-refractivity contribution in [3.8, 4) is 22.6 Å². The van der Waals surface area contributed by atoms with Crippen LogP contribution in [0, 0.1) is 0 Å². The van der Waals surface area contributed by atoms with Gasteiger partial charge in [-0.25, -0.2) is 0 Å². The van der Waals surface area contributed by atoms with Crippen LogP contribution in [0.4, 0.5) is 0 Å². The van der Waals surface area contributed by atoms with Gasteiger partial charge in [-0.05, 0) is 91.7 Å². The molecule has 0 spiro atoms. The van der Waals surface area contributed by atoms with Gasteiger partial charge in [0, 0.05) is 54.1 Å². The summed E-state index contributed by atoms with van der Waals surface area (Å²) in [5.74, 6) is 2.80. The van der Waals surface area contributed by atoms with Crippen molar-refractivity contribution in [2.24, 2.45) is 0 Å². The summed E-state index contributed by atoms with van der Waals surface area (Å²) < 4.78 is 29.6. The standard InChI is InChI=1S/C35H22O4S2/c1-17-8-21-13-31-23(16-29(21)37-17)15-28(39-31)19-3-5-33-25(10-19)35-34(41-33)24-9-18(2-4-32(24)40-35)27-14-22-12-26-20(6-7-36-26)11-30(22)38-27/h2-7,9-15,17,29H,8,16H2,1H3. The maximum atomic E-state index is 6.40. The van der Waals surface area contributed by atoms with E-state index >= 15 is 0 Å². The zero-order valence-electron chi connectivity index (χ0n) is 22.0. The van der Waals surface area contributed by atoms with Gasteiger partial charge < -0.3 is 18.0 Å². The van der Waals surface area contributed by atoms with Gasteiger partial charge in [0.1, 0.15) is 28.4 Å². The van der Waals surface area contributed by atoms with E-state index in [0.29, 0.717) is 6.10 Å². The minimum Gasteiger partial charge on any atom is -0.464 e. The molecule has 1 fully saturated rings. The van der Waals surface area contributed by atoms with Gasteiger partial charge in [-0.1, -0.05) is 0 Å². The molecule has 1 saturated heterocycles. The molecule has 8 aromatic rings. The molecule has 0 saturated carbocycles. The maximum absolute atomic E-state index is 6.40. The van der Waals surface area contributed by atoms with Crippen molar-refractivity contribution in [1.82, 2.24) is 0 Å². The third-order valence-electron chi connectivity index (χ3n) is 8.64. The Bertz CT molecular complexity index is 2340. The predicted octanol–water partition coefficient (Wildman–Crippen LogP) is 10.8. The number of hydrogen-bond acceptors (Lipinski definition) is 6. The molecular formula is C35H22O4S2. The number of rotatable bonds is 2. The van der Waals surface area contributed by atoms with Gasteiger partial charge in [0.2, 0.25) is 0 Å². The molecule has 2 atom stereocenters. The second-order valence-electron chi connectivity index (χ2n) is 11.3. The minimum atomic E-state index is 0.205. The van der Waals surface area contributed by atoms with E-state index in [1.165, 1.54) is 40.7 Å². The number of ether oxygens (including phenoxy) is 1. The largest absolute Gasteiger partial charge is 0.464 e. The van der Waals surface area contributed by atoms with Gasteiger partial charge in [-0.3, -0.25) is 0 Å². The molecule has 5 aromatic heterocycles. The Morgan fingerprint density at radius 3 is 2.22 bits per heavy atom. The molecule has 2 aliphatic rings. The summed E-state index contributed by atoms with van der Waals surface area (Å²) in [5, 5.41) is 4.67. The van der Waals surface area contributed by atoms with Crippen LogP contribution in [-0.2, 0) is 11.2 Å². The normalized spacial score (nSPS) is 18.7. The van der Waals surface area contributed by atoms with Gasteiger partial charge >= 0.3 is 0 Å². The molecule has 198 valence electrons. The Kier molecular flexibility index (Phi) is 4.41.